The molecule has 202 valence electrons. The van der Waals surface area contributed by atoms with Gasteiger partial charge >= 0.3 is 0 Å². The minimum atomic E-state index is -0.793. The monoisotopic (exact) mass is 514 g/mol. The number of nitrogens with two attached hydrogens (primary N) is 1. The van der Waals surface area contributed by atoms with Crippen LogP contribution in [0.2, 0.25) is 0 Å². The van der Waals surface area contributed by atoms with Crippen LogP contribution in [0.5, 0.6) is 0 Å². The summed E-state index contributed by atoms with van der Waals surface area (Å²) in [5, 5.41) is 22.1. The number of rotatable bonds is 9. The van der Waals surface area contributed by atoms with Crippen molar-refractivity contribution in [2.24, 2.45) is 5.73 Å². The molecule has 0 aliphatic carbocycles. The molecule has 0 amide bonds. The summed E-state index contributed by atoms with van der Waals surface area (Å²) in [6.07, 6.45) is 0.970. The van der Waals surface area contributed by atoms with Gasteiger partial charge in [0, 0.05) is 58.9 Å². The number of aliphatic hydroxyl groups is 2. The summed E-state index contributed by atoms with van der Waals surface area (Å²) < 4.78 is 0. The molecule has 2 heterocycles. The van der Waals surface area contributed by atoms with Gasteiger partial charge in [-0.1, -0.05) is 84.9 Å². The van der Waals surface area contributed by atoms with E-state index in [1.165, 1.54) is 11.1 Å². The summed E-state index contributed by atoms with van der Waals surface area (Å²) >= 11 is 0. The van der Waals surface area contributed by atoms with Crippen molar-refractivity contribution < 1.29 is 10.2 Å². The Bertz CT molecular complexity index is 1070. The largest absolute Gasteiger partial charge is 0.390 e. The van der Waals surface area contributed by atoms with Gasteiger partial charge in [0.1, 0.15) is 0 Å². The highest BCUT2D eigenvalue weighted by Gasteiger charge is 2.34. The highest BCUT2D eigenvalue weighted by atomic mass is 16.3. The van der Waals surface area contributed by atoms with E-state index in [0.29, 0.717) is 32.5 Å². The van der Waals surface area contributed by atoms with Gasteiger partial charge < -0.3 is 20.8 Å². The van der Waals surface area contributed by atoms with Gasteiger partial charge in [-0.2, -0.15) is 0 Å². The molecule has 38 heavy (non-hydrogen) atoms. The Morgan fingerprint density at radius 1 is 0.684 bits per heavy atom. The van der Waals surface area contributed by atoms with Crippen LogP contribution >= 0.6 is 0 Å². The lowest BCUT2D eigenvalue weighted by atomic mass is 9.84. The van der Waals surface area contributed by atoms with Crippen molar-refractivity contribution in [3.8, 4) is 0 Å². The molecule has 0 aromatic heterocycles. The number of benzene rings is 3. The maximum Gasteiger partial charge on any atom is 0.0920 e. The van der Waals surface area contributed by atoms with Crippen LogP contribution in [0, 0.1) is 0 Å². The molecule has 0 saturated carbocycles. The average Bonchev–Trinajstić information content (AvgIpc) is 2.97. The number of piperidine rings is 1. The number of nitrogens with zero attached hydrogens (tertiary/aromatic N) is 3. The molecule has 2 fully saturated rings. The molecular formula is C32H42N4O2. The molecule has 3 aromatic rings. The van der Waals surface area contributed by atoms with E-state index in [0.717, 1.165) is 50.4 Å². The maximum absolute atomic E-state index is 11.2. The predicted molar refractivity (Wildman–Crippen MR) is 153 cm³/mol. The van der Waals surface area contributed by atoms with Crippen LogP contribution in [-0.4, -0.2) is 83.4 Å². The fourth-order valence-electron chi connectivity index (χ4n) is 6.09. The number of aliphatic hydroxyl groups excluding tert-OH is 1. The second kappa shape index (κ2) is 12.5. The second-order valence-electron chi connectivity index (χ2n) is 10.9. The van der Waals surface area contributed by atoms with Gasteiger partial charge in [-0.15, -0.1) is 0 Å². The fourth-order valence-corrected chi connectivity index (χ4v) is 6.09. The summed E-state index contributed by atoms with van der Waals surface area (Å²) in [5.41, 5.74) is 9.62. The van der Waals surface area contributed by atoms with Crippen LogP contribution in [0.3, 0.4) is 0 Å². The molecule has 3 aromatic carbocycles. The van der Waals surface area contributed by atoms with Gasteiger partial charge in [0.25, 0.3) is 0 Å². The molecule has 1 atom stereocenters. The van der Waals surface area contributed by atoms with Crippen molar-refractivity contribution in [2.75, 3.05) is 52.4 Å². The molecule has 0 radical (unpaired) electrons. The standard InChI is InChI=1S/C32H42N4O2/c33-23-26-11-13-29(14-12-26)32(38)15-17-34(18-16-32)24-30(37)25-35-19-21-36(22-20-35)31(27-7-3-1-4-8-27)28-9-5-2-6-10-28/h1-14,30-31,37-38H,15-25,33H2. The van der Waals surface area contributed by atoms with Crippen LogP contribution in [0.4, 0.5) is 0 Å². The fraction of sp³-hybridized carbons (Fsp3) is 0.438. The minimum absolute atomic E-state index is 0.253. The van der Waals surface area contributed by atoms with Crippen molar-refractivity contribution in [2.45, 2.75) is 37.1 Å². The van der Waals surface area contributed by atoms with Crippen molar-refractivity contribution in [3.05, 3.63) is 107 Å². The van der Waals surface area contributed by atoms with E-state index >= 15 is 0 Å². The first kappa shape index (κ1) is 27.0. The minimum Gasteiger partial charge on any atom is -0.390 e. The van der Waals surface area contributed by atoms with Gasteiger partial charge in [0.2, 0.25) is 0 Å². The molecule has 0 bridgehead atoms. The number of likely N-dealkylation sites (tertiary alicyclic amines) is 1. The van der Waals surface area contributed by atoms with Crippen molar-refractivity contribution in [3.63, 3.8) is 0 Å². The molecule has 1 unspecified atom stereocenters. The highest BCUT2D eigenvalue weighted by molar-refractivity contribution is 5.32. The molecule has 2 saturated heterocycles. The Labute approximate surface area is 227 Å². The topological polar surface area (TPSA) is 76.2 Å². The molecule has 2 aliphatic heterocycles. The Kier molecular flexibility index (Phi) is 8.89. The predicted octanol–water partition coefficient (Wildman–Crippen LogP) is 3.20. The molecule has 6 heteroatoms. The van der Waals surface area contributed by atoms with Crippen LogP contribution in [0.25, 0.3) is 0 Å². The van der Waals surface area contributed by atoms with E-state index in [9.17, 15) is 10.2 Å². The first-order valence-corrected chi connectivity index (χ1v) is 14.0. The summed E-state index contributed by atoms with van der Waals surface area (Å²) in [6, 6.07) is 29.8. The lowest BCUT2D eigenvalue weighted by molar-refractivity contribution is -0.0376. The third-order valence-electron chi connectivity index (χ3n) is 8.35. The lowest BCUT2D eigenvalue weighted by Gasteiger charge is -2.41. The normalized spacial score (nSPS) is 20.0. The van der Waals surface area contributed by atoms with Crippen molar-refractivity contribution in [1.82, 2.24) is 14.7 Å². The summed E-state index contributed by atoms with van der Waals surface area (Å²) in [5.74, 6) is 0. The second-order valence-corrected chi connectivity index (χ2v) is 10.9. The Balaban J connectivity index is 1.10. The number of β-amino-alcohol motifs (C(OH)–C–C–N with tert-alkyl or cyclic N) is 1. The molecule has 4 N–H and O–H groups in total. The van der Waals surface area contributed by atoms with Gasteiger partial charge in [-0.05, 0) is 35.1 Å². The summed E-state index contributed by atoms with van der Waals surface area (Å²) in [7, 11) is 0. The maximum atomic E-state index is 11.2. The number of hydrogen-bond acceptors (Lipinski definition) is 6. The molecular weight excluding hydrogens is 472 g/mol. The van der Waals surface area contributed by atoms with Gasteiger partial charge in [0.15, 0.2) is 0 Å². The van der Waals surface area contributed by atoms with Crippen LogP contribution in [-0.2, 0) is 12.1 Å². The first-order valence-electron chi connectivity index (χ1n) is 14.0. The smallest absolute Gasteiger partial charge is 0.0920 e. The molecule has 5 rings (SSSR count). The zero-order chi connectivity index (χ0) is 26.4. The van der Waals surface area contributed by atoms with Crippen molar-refractivity contribution in [1.29, 1.82) is 0 Å². The number of hydrogen-bond donors (Lipinski definition) is 3. The Morgan fingerprint density at radius 3 is 1.68 bits per heavy atom. The van der Waals surface area contributed by atoms with Gasteiger partial charge in [-0.3, -0.25) is 9.80 Å². The molecule has 2 aliphatic rings. The first-order chi connectivity index (χ1) is 18.5. The third kappa shape index (κ3) is 6.52. The highest BCUT2D eigenvalue weighted by Crippen LogP contribution is 2.33. The van der Waals surface area contributed by atoms with Crippen molar-refractivity contribution >= 4 is 0 Å². The van der Waals surface area contributed by atoms with E-state index in [-0.39, 0.29) is 6.04 Å². The quantitative estimate of drug-likeness (QED) is 0.407. The zero-order valence-corrected chi connectivity index (χ0v) is 22.3. The van der Waals surface area contributed by atoms with E-state index in [4.69, 9.17) is 5.73 Å². The number of piperazine rings is 1. The van der Waals surface area contributed by atoms with Gasteiger partial charge in [-0.25, -0.2) is 0 Å². The van der Waals surface area contributed by atoms with Crippen LogP contribution < -0.4 is 5.73 Å². The Hall–Kier alpha value is -2.58. The third-order valence-corrected chi connectivity index (χ3v) is 8.35. The van der Waals surface area contributed by atoms with E-state index in [2.05, 4.69) is 75.4 Å². The van der Waals surface area contributed by atoms with E-state index < -0.39 is 11.7 Å². The Morgan fingerprint density at radius 2 is 1.18 bits per heavy atom. The van der Waals surface area contributed by atoms with E-state index in [1.807, 2.05) is 24.3 Å². The molecule has 6 nitrogen and oxygen atoms in total. The molecule has 0 spiro atoms. The van der Waals surface area contributed by atoms with Crippen LogP contribution in [0.15, 0.2) is 84.9 Å². The van der Waals surface area contributed by atoms with Gasteiger partial charge in [0.05, 0.1) is 17.7 Å². The SMILES string of the molecule is NCc1ccc(C2(O)CCN(CC(O)CN3CCN(C(c4ccccc4)c4ccccc4)CC3)CC2)cc1. The van der Waals surface area contributed by atoms with Crippen LogP contribution in [0.1, 0.15) is 41.1 Å². The average molecular weight is 515 g/mol. The lowest BCUT2D eigenvalue weighted by Crippen LogP contribution is -2.51. The summed E-state index contributed by atoms with van der Waals surface area (Å²) in [4.78, 5) is 7.26. The zero-order valence-electron chi connectivity index (χ0n) is 22.3. The summed E-state index contributed by atoms with van der Waals surface area (Å²) in [6.45, 7) is 7.28. The van der Waals surface area contributed by atoms with E-state index in [1.54, 1.807) is 0 Å².